The van der Waals surface area contributed by atoms with Crippen LogP contribution in [-0.2, 0) is 0 Å². The lowest BCUT2D eigenvalue weighted by atomic mass is 10.1. The van der Waals surface area contributed by atoms with E-state index in [9.17, 15) is 4.39 Å². The Kier molecular flexibility index (Phi) is 3.82. The smallest absolute Gasteiger partial charge is 0.205 e. The number of imidazole rings is 1. The van der Waals surface area contributed by atoms with Crippen LogP contribution in [0.4, 0.5) is 4.39 Å². The molecule has 0 saturated heterocycles. The van der Waals surface area contributed by atoms with E-state index < -0.39 is 0 Å². The van der Waals surface area contributed by atoms with Gasteiger partial charge in [0.25, 0.3) is 0 Å². The molecule has 0 aliphatic carbocycles. The Bertz CT molecular complexity index is 1120. The molecule has 0 aliphatic rings. The number of nitrogens with one attached hydrogen (secondary N) is 1. The van der Waals surface area contributed by atoms with Crippen LogP contribution in [0.25, 0.3) is 28.0 Å². The van der Waals surface area contributed by atoms with Gasteiger partial charge in [0.2, 0.25) is 4.77 Å². The number of methoxy groups -OCH3 is 1. The van der Waals surface area contributed by atoms with Gasteiger partial charge in [0.15, 0.2) is 0 Å². The maximum absolute atomic E-state index is 14.1. The summed E-state index contributed by atoms with van der Waals surface area (Å²) in [5.41, 5.74) is 3.73. The van der Waals surface area contributed by atoms with Crippen LogP contribution in [0.3, 0.4) is 0 Å². The summed E-state index contributed by atoms with van der Waals surface area (Å²) >= 11 is 5.32. The van der Waals surface area contributed by atoms with E-state index in [0.717, 1.165) is 22.5 Å². The Labute approximate surface area is 148 Å². The van der Waals surface area contributed by atoms with Crippen LogP contribution in [0.1, 0.15) is 0 Å². The third-order valence-corrected chi connectivity index (χ3v) is 4.38. The quantitative estimate of drug-likeness (QED) is 0.535. The normalized spacial score (nSPS) is 11.0. The van der Waals surface area contributed by atoms with Crippen molar-refractivity contribution in [1.29, 1.82) is 0 Å². The first-order valence-corrected chi connectivity index (χ1v) is 8.08. The Morgan fingerprint density at radius 1 is 1.08 bits per heavy atom. The van der Waals surface area contributed by atoms with E-state index in [-0.39, 0.29) is 5.82 Å². The van der Waals surface area contributed by atoms with Crippen LogP contribution in [0.5, 0.6) is 5.75 Å². The highest BCUT2D eigenvalue weighted by Gasteiger charge is 2.12. The molecule has 0 aliphatic heterocycles. The first kappa shape index (κ1) is 15.5. The topological polar surface area (TPSA) is 42.3 Å². The summed E-state index contributed by atoms with van der Waals surface area (Å²) < 4.78 is 21.5. The molecule has 124 valence electrons. The Morgan fingerprint density at radius 3 is 2.56 bits per heavy atom. The third-order valence-electron chi connectivity index (χ3n) is 4.08. The summed E-state index contributed by atoms with van der Waals surface area (Å²) in [5, 5.41) is 0. The number of aromatic nitrogens is 3. The van der Waals surface area contributed by atoms with E-state index in [1.165, 1.54) is 6.07 Å². The summed E-state index contributed by atoms with van der Waals surface area (Å²) in [6.45, 7) is 0. The number of rotatable bonds is 3. The highest BCUT2D eigenvalue weighted by molar-refractivity contribution is 7.71. The van der Waals surface area contributed by atoms with Gasteiger partial charge in [0, 0.05) is 23.5 Å². The van der Waals surface area contributed by atoms with Crippen LogP contribution in [0.2, 0.25) is 0 Å². The lowest BCUT2D eigenvalue weighted by molar-refractivity contribution is 0.415. The number of nitrogens with zero attached hydrogens (tertiary/aromatic N) is 2. The monoisotopic (exact) mass is 351 g/mol. The third kappa shape index (κ3) is 2.70. The Balaban J connectivity index is 1.93. The van der Waals surface area contributed by atoms with Crippen molar-refractivity contribution in [3.63, 3.8) is 0 Å². The van der Waals surface area contributed by atoms with E-state index in [1.807, 2.05) is 24.3 Å². The van der Waals surface area contributed by atoms with Crippen LogP contribution in [0.15, 0.2) is 60.9 Å². The first-order chi connectivity index (χ1) is 12.2. The minimum atomic E-state index is -0.292. The molecule has 4 aromatic rings. The van der Waals surface area contributed by atoms with Crippen molar-refractivity contribution in [2.45, 2.75) is 0 Å². The number of benzene rings is 2. The van der Waals surface area contributed by atoms with Gasteiger partial charge in [-0.05, 0) is 42.0 Å². The molecule has 0 amide bonds. The van der Waals surface area contributed by atoms with Gasteiger partial charge in [-0.15, -0.1) is 0 Å². The highest BCUT2D eigenvalue weighted by Crippen LogP contribution is 2.29. The van der Waals surface area contributed by atoms with Gasteiger partial charge >= 0.3 is 0 Å². The predicted octanol–water partition coefficient (Wildman–Crippen LogP) is 4.87. The molecule has 1 N–H and O–H groups in total. The van der Waals surface area contributed by atoms with Crippen LogP contribution in [0, 0.1) is 10.6 Å². The fourth-order valence-corrected chi connectivity index (χ4v) is 3.00. The maximum Gasteiger partial charge on any atom is 0.205 e. The second-order valence-corrected chi connectivity index (χ2v) is 5.91. The minimum Gasteiger partial charge on any atom is -0.497 e. The number of fused-ring (bicyclic) bond motifs is 1. The number of hydrogen-bond donors (Lipinski definition) is 1. The number of H-pyrrole nitrogens is 1. The zero-order chi connectivity index (χ0) is 17.4. The fourth-order valence-electron chi connectivity index (χ4n) is 2.80. The number of aromatic amines is 1. The van der Waals surface area contributed by atoms with Crippen molar-refractivity contribution < 1.29 is 9.13 Å². The van der Waals surface area contributed by atoms with Crippen molar-refractivity contribution in [2.24, 2.45) is 0 Å². The molecule has 0 atom stereocenters. The molecule has 0 spiro atoms. The molecule has 0 unspecified atom stereocenters. The van der Waals surface area contributed by atoms with E-state index in [4.69, 9.17) is 17.0 Å². The number of hydrogen-bond acceptors (Lipinski definition) is 3. The molecule has 25 heavy (non-hydrogen) atoms. The lowest BCUT2D eigenvalue weighted by Crippen LogP contribution is -1.92. The molecule has 0 radical (unpaired) electrons. The largest absolute Gasteiger partial charge is 0.497 e. The second-order valence-electron chi connectivity index (χ2n) is 5.55. The van der Waals surface area contributed by atoms with Gasteiger partial charge in [-0.3, -0.25) is 4.40 Å². The van der Waals surface area contributed by atoms with Crippen molar-refractivity contribution in [3.05, 3.63) is 71.5 Å². The standard InChI is InChI=1S/C19H14FN3OS/c1-24-13-8-6-12(7-9-13)15-10-21-19(25)23-11-17(22-18(15)23)14-4-2-3-5-16(14)20/h2-11,22H,1H3. The predicted molar refractivity (Wildman–Crippen MR) is 97.8 cm³/mol. The summed E-state index contributed by atoms with van der Waals surface area (Å²) in [7, 11) is 1.63. The van der Waals surface area contributed by atoms with Gasteiger partial charge in [-0.25, -0.2) is 9.37 Å². The molecular weight excluding hydrogens is 337 g/mol. The Morgan fingerprint density at radius 2 is 1.84 bits per heavy atom. The average molecular weight is 351 g/mol. The Hall–Kier alpha value is -2.99. The SMILES string of the molecule is COc1ccc(-c2cnc(=S)n3cc(-c4ccccc4F)[nH]c23)cc1. The molecule has 4 nitrogen and oxygen atoms in total. The van der Waals surface area contributed by atoms with Crippen LogP contribution in [-0.4, -0.2) is 21.5 Å². The van der Waals surface area contributed by atoms with Gasteiger partial charge in [0.1, 0.15) is 17.2 Å². The van der Waals surface area contributed by atoms with E-state index in [0.29, 0.717) is 16.0 Å². The summed E-state index contributed by atoms with van der Waals surface area (Å²) in [4.78, 5) is 7.56. The zero-order valence-corrected chi connectivity index (χ0v) is 14.2. The fraction of sp³-hybridized carbons (Fsp3) is 0.0526. The second kappa shape index (κ2) is 6.14. The maximum atomic E-state index is 14.1. The first-order valence-electron chi connectivity index (χ1n) is 7.67. The van der Waals surface area contributed by atoms with E-state index >= 15 is 0 Å². The summed E-state index contributed by atoms with van der Waals surface area (Å²) in [6.07, 6.45) is 3.50. The molecule has 2 aromatic carbocycles. The van der Waals surface area contributed by atoms with E-state index in [2.05, 4.69) is 9.97 Å². The molecule has 0 saturated carbocycles. The molecular formula is C19H14FN3OS. The lowest BCUT2D eigenvalue weighted by Gasteiger charge is -2.05. The zero-order valence-electron chi connectivity index (χ0n) is 13.4. The van der Waals surface area contributed by atoms with Crippen molar-refractivity contribution in [2.75, 3.05) is 7.11 Å². The van der Waals surface area contributed by atoms with Crippen molar-refractivity contribution in [3.8, 4) is 28.1 Å². The average Bonchev–Trinajstić information content (AvgIpc) is 3.08. The van der Waals surface area contributed by atoms with Gasteiger partial charge in [-0.1, -0.05) is 24.3 Å². The minimum absolute atomic E-state index is 0.292. The molecule has 2 aromatic heterocycles. The van der Waals surface area contributed by atoms with Gasteiger partial charge < -0.3 is 9.72 Å². The van der Waals surface area contributed by atoms with Crippen LogP contribution < -0.4 is 4.74 Å². The number of ether oxygens (including phenoxy) is 1. The molecule has 2 heterocycles. The summed E-state index contributed by atoms with van der Waals surface area (Å²) in [6, 6.07) is 14.3. The molecule has 4 rings (SSSR count). The van der Waals surface area contributed by atoms with Crippen LogP contribution >= 0.6 is 12.2 Å². The van der Waals surface area contributed by atoms with Gasteiger partial charge in [0.05, 0.1) is 12.8 Å². The van der Waals surface area contributed by atoms with Crippen molar-refractivity contribution in [1.82, 2.24) is 14.4 Å². The molecule has 0 bridgehead atoms. The highest BCUT2D eigenvalue weighted by atomic mass is 32.1. The van der Waals surface area contributed by atoms with E-state index in [1.54, 1.807) is 42.1 Å². The number of halogens is 1. The summed E-state index contributed by atoms with van der Waals surface area (Å²) in [5.74, 6) is 0.485. The van der Waals surface area contributed by atoms with Crippen molar-refractivity contribution >= 4 is 17.9 Å². The van der Waals surface area contributed by atoms with Gasteiger partial charge in [-0.2, -0.15) is 0 Å². The molecule has 6 heteroatoms. The molecule has 0 fully saturated rings.